The first kappa shape index (κ1) is 22.2. The summed E-state index contributed by atoms with van der Waals surface area (Å²) >= 11 is 1.56. The highest BCUT2D eigenvalue weighted by Crippen LogP contribution is 2.35. The Bertz CT molecular complexity index is 850. The van der Waals surface area contributed by atoms with Gasteiger partial charge in [0, 0.05) is 50.2 Å². The maximum Gasteiger partial charge on any atom is 0.303 e. The van der Waals surface area contributed by atoms with Gasteiger partial charge in [0.1, 0.15) is 6.17 Å². The summed E-state index contributed by atoms with van der Waals surface area (Å²) < 4.78 is 19.9. The number of aliphatic carboxylic acids is 1. The molecule has 0 aromatic heterocycles. The molecule has 1 fully saturated rings. The zero-order valence-corrected chi connectivity index (χ0v) is 17.7. The van der Waals surface area contributed by atoms with Crippen molar-refractivity contribution in [1.29, 1.82) is 0 Å². The fourth-order valence-corrected chi connectivity index (χ4v) is 4.71. The summed E-state index contributed by atoms with van der Waals surface area (Å²) in [5.74, 6) is -1.79. The van der Waals surface area contributed by atoms with Crippen molar-refractivity contribution in [2.75, 3.05) is 31.9 Å². The normalized spacial score (nSPS) is 21.1. The average Bonchev–Trinajstić information content (AvgIpc) is 3.36. The first-order chi connectivity index (χ1) is 14.3. The molecule has 2 atom stereocenters. The number of thioether (sulfide) groups is 1. The van der Waals surface area contributed by atoms with Crippen LogP contribution in [-0.4, -0.2) is 70.7 Å². The van der Waals surface area contributed by atoms with Crippen LogP contribution in [0.4, 0.5) is 10.1 Å². The fourth-order valence-electron chi connectivity index (χ4n) is 3.70. The molecule has 0 spiro atoms. The van der Waals surface area contributed by atoms with Crippen molar-refractivity contribution in [2.24, 2.45) is 0 Å². The van der Waals surface area contributed by atoms with E-state index in [1.807, 2.05) is 11.1 Å². The zero-order chi connectivity index (χ0) is 21.8. The quantitative estimate of drug-likeness (QED) is 0.531. The second kappa shape index (κ2) is 9.57. The van der Waals surface area contributed by atoms with Gasteiger partial charge >= 0.3 is 5.97 Å². The molecule has 1 aromatic rings. The predicted octanol–water partition coefficient (Wildman–Crippen LogP) is 2.40. The number of carboxylic acid groups (broad SMARTS) is 1. The smallest absolute Gasteiger partial charge is 0.303 e. The van der Waals surface area contributed by atoms with E-state index in [2.05, 4.69) is 5.32 Å². The summed E-state index contributed by atoms with van der Waals surface area (Å²) in [7, 11) is 3.17. The largest absolute Gasteiger partial charge is 0.503 e. The van der Waals surface area contributed by atoms with Gasteiger partial charge in [0.15, 0.2) is 11.6 Å². The minimum absolute atomic E-state index is 0.0616. The first-order valence-corrected chi connectivity index (χ1v) is 10.6. The number of carbonyl (C=O) groups is 2. The standard InChI is InChI=1S/C20H26FN3O5S/c1-22-15-5-3-12(19(21)20(15)28)7-17(25)24-9-13(29-2)8-16(24)23-10-14(30-11-23)4-6-18(26)27/h3,5,10,13,16,22,28H,4,6-9,11H2,1-2H3,(H,26,27)/t13-,16?/m0/s1. The van der Waals surface area contributed by atoms with Crippen LogP contribution < -0.4 is 5.32 Å². The maximum absolute atomic E-state index is 14.5. The zero-order valence-electron chi connectivity index (χ0n) is 16.9. The maximum atomic E-state index is 14.5. The summed E-state index contributed by atoms with van der Waals surface area (Å²) in [6, 6.07) is 3.03. The van der Waals surface area contributed by atoms with Gasteiger partial charge in [0.05, 0.1) is 24.1 Å². The molecule has 0 aliphatic carbocycles. The number of carbonyl (C=O) groups excluding carboxylic acids is 1. The third-order valence-electron chi connectivity index (χ3n) is 5.37. The summed E-state index contributed by atoms with van der Waals surface area (Å²) in [6.45, 7) is 0.391. The number of carboxylic acids is 1. The van der Waals surface area contributed by atoms with Gasteiger partial charge in [-0.3, -0.25) is 9.59 Å². The summed E-state index contributed by atoms with van der Waals surface area (Å²) in [5, 5.41) is 21.5. The van der Waals surface area contributed by atoms with Crippen molar-refractivity contribution < 1.29 is 28.9 Å². The van der Waals surface area contributed by atoms with Crippen LogP contribution in [-0.2, 0) is 20.7 Å². The molecule has 0 saturated carbocycles. The fraction of sp³-hybridized carbons (Fsp3) is 0.500. The van der Waals surface area contributed by atoms with Crippen molar-refractivity contribution in [2.45, 2.75) is 38.0 Å². The molecule has 164 valence electrons. The van der Waals surface area contributed by atoms with Gasteiger partial charge < -0.3 is 30.1 Å². The Morgan fingerprint density at radius 2 is 2.17 bits per heavy atom. The highest BCUT2D eigenvalue weighted by molar-refractivity contribution is 8.03. The van der Waals surface area contributed by atoms with Gasteiger partial charge in [-0.15, -0.1) is 11.8 Å². The number of phenols is 1. The number of halogens is 1. The monoisotopic (exact) mass is 439 g/mol. The van der Waals surface area contributed by atoms with E-state index >= 15 is 0 Å². The van der Waals surface area contributed by atoms with Crippen molar-refractivity contribution >= 4 is 29.3 Å². The van der Waals surface area contributed by atoms with E-state index in [0.29, 0.717) is 25.3 Å². The van der Waals surface area contributed by atoms with Crippen LogP contribution in [0.2, 0.25) is 0 Å². The number of allylic oxidation sites excluding steroid dienone is 1. The molecule has 1 saturated heterocycles. The highest BCUT2D eigenvalue weighted by atomic mass is 32.2. The molecule has 3 rings (SSSR count). The summed E-state index contributed by atoms with van der Waals surface area (Å²) in [6.07, 6.45) is 2.48. The number of likely N-dealkylation sites (tertiary alicyclic amines) is 1. The Kier molecular flexibility index (Phi) is 7.09. The van der Waals surface area contributed by atoms with Crippen LogP contribution in [0.5, 0.6) is 5.75 Å². The molecule has 8 nitrogen and oxygen atoms in total. The van der Waals surface area contributed by atoms with Gasteiger partial charge in [-0.2, -0.15) is 0 Å². The molecule has 2 aliphatic heterocycles. The highest BCUT2D eigenvalue weighted by Gasteiger charge is 2.39. The second-order valence-electron chi connectivity index (χ2n) is 7.26. The summed E-state index contributed by atoms with van der Waals surface area (Å²) in [4.78, 5) is 28.5. The molecule has 1 unspecified atom stereocenters. The van der Waals surface area contributed by atoms with E-state index in [-0.39, 0.29) is 42.3 Å². The number of ether oxygens (including phenoxy) is 1. The number of methoxy groups -OCH3 is 1. The predicted molar refractivity (Wildman–Crippen MR) is 111 cm³/mol. The lowest BCUT2D eigenvalue weighted by Crippen LogP contribution is -2.45. The molecule has 2 heterocycles. The molecule has 1 amide bonds. The van der Waals surface area contributed by atoms with E-state index in [0.717, 1.165) is 4.91 Å². The van der Waals surface area contributed by atoms with Crippen LogP contribution in [0.1, 0.15) is 24.8 Å². The van der Waals surface area contributed by atoms with Crippen molar-refractivity contribution in [3.8, 4) is 5.75 Å². The van der Waals surface area contributed by atoms with Crippen LogP contribution in [0, 0.1) is 5.82 Å². The molecular formula is C20H26FN3O5S. The summed E-state index contributed by atoms with van der Waals surface area (Å²) in [5.41, 5.74) is 0.389. The lowest BCUT2D eigenvalue weighted by atomic mass is 10.1. The third-order valence-corrected chi connectivity index (χ3v) is 6.48. The van der Waals surface area contributed by atoms with Crippen LogP contribution in [0.15, 0.2) is 23.2 Å². The molecule has 30 heavy (non-hydrogen) atoms. The number of nitrogens with one attached hydrogen (secondary N) is 1. The number of aromatic hydroxyl groups is 1. The molecule has 0 radical (unpaired) electrons. The van der Waals surface area contributed by atoms with E-state index in [1.165, 1.54) is 12.1 Å². The Balaban J connectivity index is 1.74. The van der Waals surface area contributed by atoms with Gasteiger partial charge in [0.25, 0.3) is 0 Å². The number of hydrogen-bond donors (Lipinski definition) is 3. The van der Waals surface area contributed by atoms with E-state index in [9.17, 15) is 19.1 Å². The van der Waals surface area contributed by atoms with Crippen LogP contribution in [0.3, 0.4) is 0 Å². The van der Waals surface area contributed by atoms with Crippen molar-refractivity contribution in [3.05, 3.63) is 34.6 Å². The lowest BCUT2D eigenvalue weighted by Gasteiger charge is -2.31. The van der Waals surface area contributed by atoms with Crippen molar-refractivity contribution in [1.82, 2.24) is 9.80 Å². The van der Waals surface area contributed by atoms with E-state index in [4.69, 9.17) is 9.84 Å². The number of phenolic OH excluding ortho intramolecular Hbond substituents is 1. The Morgan fingerprint density at radius 3 is 2.83 bits per heavy atom. The van der Waals surface area contributed by atoms with Gasteiger partial charge in [-0.25, -0.2) is 4.39 Å². The SMILES string of the molecule is CNc1ccc(CC(=O)N2C[C@@H](OC)CC2N2C=C(CCC(=O)O)SC2)c(F)c1O. The van der Waals surface area contributed by atoms with E-state index in [1.54, 1.807) is 30.8 Å². The van der Waals surface area contributed by atoms with Gasteiger partial charge in [-0.1, -0.05) is 6.07 Å². The Morgan fingerprint density at radius 1 is 1.40 bits per heavy atom. The second-order valence-corrected chi connectivity index (χ2v) is 8.33. The Hall–Kier alpha value is -2.46. The van der Waals surface area contributed by atoms with Crippen LogP contribution in [0.25, 0.3) is 0 Å². The van der Waals surface area contributed by atoms with Gasteiger partial charge in [0.2, 0.25) is 5.91 Å². The minimum Gasteiger partial charge on any atom is -0.503 e. The number of amides is 1. The number of hydrogen-bond acceptors (Lipinski definition) is 7. The third kappa shape index (κ3) is 4.81. The molecule has 1 aromatic carbocycles. The topological polar surface area (TPSA) is 102 Å². The molecule has 10 heteroatoms. The number of benzene rings is 1. The van der Waals surface area contributed by atoms with Crippen LogP contribution >= 0.6 is 11.8 Å². The Labute approximate surface area is 178 Å². The molecule has 3 N–H and O–H groups in total. The molecule has 0 bridgehead atoms. The number of nitrogens with zero attached hydrogens (tertiary/aromatic N) is 2. The van der Waals surface area contributed by atoms with E-state index < -0.39 is 17.5 Å². The van der Waals surface area contributed by atoms with Gasteiger partial charge in [-0.05, 0) is 12.5 Å². The molecule has 2 aliphatic rings. The lowest BCUT2D eigenvalue weighted by molar-refractivity contribution is -0.137. The molecular weight excluding hydrogens is 413 g/mol. The minimum atomic E-state index is -0.846. The van der Waals surface area contributed by atoms with Crippen molar-refractivity contribution in [3.63, 3.8) is 0 Å². The number of anilines is 1. The first-order valence-electron chi connectivity index (χ1n) is 9.65. The number of rotatable bonds is 8. The average molecular weight is 440 g/mol.